The highest BCUT2D eigenvalue weighted by Crippen LogP contribution is 2.59. The molecule has 0 aromatic carbocycles. The van der Waals surface area contributed by atoms with Gasteiger partial charge in [0.1, 0.15) is 5.78 Å². The molecule has 0 radical (unpaired) electrons. The molecule has 2 nitrogen and oxygen atoms in total. The average Bonchev–Trinajstić information content (AvgIpc) is 2.37. The Balaban J connectivity index is 2.14. The van der Waals surface area contributed by atoms with E-state index in [4.69, 9.17) is 0 Å². The van der Waals surface area contributed by atoms with Crippen molar-refractivity contribution in [3.8, 4) is 0 Å². The number of hydrogen-bond acceptors (Lipinski definition) is 2. The monoisotopic (exact) mass is 258 g/mol. The van der Waals surface area contributed by atoms with E-state index >= 15 is 0 Å². The van der Waals surface area contributed by atoms with E-state index < -0.39 is 0 Å². The standard InChI is InChI=1S/C17H22O2/c1-11-13-5-8-16(2)7-4-12(18)10-15(16)17(13,3)9-6-14(11)19/h5,10-11H,4,6-9H2,1-3H3. The van der Waals surface area contributed by atoms with E-state index in [0.29, 0.717) is 18.6 Å². The molecule has 102 valence electrons. The molecule has 1 fully saturated rings. The Labute approximate surface area is 115 Å². The molecule has 3 aliphatic carbocycles. The minimum absolute atomic E-state index is 0.0289. The lowest BCUT2D eigenvalue weighted by atomic mass is 9.51. The Morgan fingerprint density at radius 3 is 2.63 bits per heavy atom. The summed E-state index contributed by atoms with van der Waals surface area (Å²) in [6, 6.07) is 0. The van der Waals surface area contributed by atoms with Crippen molar-refractivity contribution < 1.29 is 9.59 Å². The SMILES string of the molecule is CC1C(=O)CCC2(C)C1=CCC1(C)CCC(=O)C=C12. The molecule has 0 aromatic heterocycles. The number of carbonyl (C=O) groups is 2. The van der Waals surface area contributed by atoms with Gasteiger partial charge >= 0.3 is 0 Å². The van der Waals surface area contributed by atoms with Crippen molar-refractivity contribution in [3.05, 3.63) is 23.3 Å². The molecule has 0 aliphatic heterocycles. The van der Waals surface area contributed by atoms with Gasteiger partial charge in [-0.25, -0.2) is 0 Å². The van der Waals surface area contributed by atoms with E-state index in [1.54, 1.807) is 0 Å². The third kappa shape index (κ3) is 1.69. The van der Waals surface area contributed by atoms with Crippen molar-refractivity contribution in [3.63, 3.8) is 0 Å². The summed E-state index contributed by atoms with van der Waals surface area (Å²) in [7, 11) is 0. The van der Waals surface area contributed by atoms with E-state index in [9.17, 15) is 9.59 Å². The second-order valence-electron chi connectivity index (χ2n) is 6.97. The van der Waals surface area contributed by atoms with Crippen LogP contribution in [0.5, 0.6) is 0 Å². The summed E-state index contributed by atoms with van der Waals surface area (Å²) in [6.45, 7) is 6.55. The fourth-order valence-corrected chi connectivity index (χ4v) is 4.39. The van der Waals surface area contributed by atoms with Crippen molar-refractivity contribution in [1.29, 1.82) is 0 Å². The first-order valence-corrected chi connectivity index (χ1v) is 7.35. The first-order valence-electron chi connectivity index (χ1n) is 7.35. The summed E-state index contributed by atoms with van der Waals surface area (Å²) in [4.78, 5) is 23.8. The van der Waals surface area contributed by atoms with Gasteiger partial charge in [-0.05, 0) is 30.8 Å². The van der Waals surface area contributed by atoms with Crippen LogP contribution in [0.25, 0.3) is 0 Å². The van der Waals surface area contributed by atoms with Crippen molar-refractivity contribution in [2.75, 3.05) is 0 Å². The van der Waals surface area contributed by atoms with Crippen LogP contribution in [0.2, 0.25) is 0 Å². The van der Waals surface area contributed by atoms with Gasteiger partial charge in [0.2, 0.25) is 0 Å². The summed E-state index contributed by atoms with van der Waals surface area (Å²) >= 11 is 0. The van der Waals surface area contributed by atoms with Crippen molar-refractivity contribution >= 4 is 11.6 Å². The van der Waals surface area contributed by atoms with E-state index in [1.165, 1.54) is 11.1 Å². The molecule has 0 amide bonds. The maximum Gasteiger partial charge on any atom is 0.155 e. The molecule has 0 bridgehead atoms. The van der Waals surface area contributed by atoms with Crippen LogP contribution in [0.15, 0.2) is 23.3 Å². The summed E-state index contributed by atoms with van der Waals surface area (Å²) < 4.78 is 0. The molecule has 19 heavy (non-hydrogen) atoms. The quantitative estimate of drug-likeness (QED) is 0.622. The van der Waals surface area contributed by atoms with Gasteiger partial charge in [-0.1, -0.05) is 38.0 Å². The van der Waals surface area contributed by atoms with Crippen LogP contribution in [-0.4, -0.2) is 11.6 Å². The van der Waals surface area contributed by atoms with Crippen LogP contribution in [-0.2, 0) is 9.59 Å². The Morgan fingerprint density at radius 1 is 1.16 bits per heavy atom. The fourth-order valence-electron chi connectivity index (χ4n) is 4.39. The molecule has 1 saturated carbocycles. The first-order chi connectivity index (χ1) is 8.87. The smallest absolute Gasteiger partial charge is 0.155 e. The van der Waals surface area contributed by atoms with Gasteiger partial charge in [-0.3, -0.25) is 9.59 Å². The molecule has 0 saturated heterocycles. The van der Waals surface area contributed by atoms with Crippen LogP contribution < -0.4 is 0 Å². The molecule has 3 aliphatic rings. The highest BCUT2D eigenvalue weighted by Gasteiger charge is 2.51. The Kier molecular flexibility index (Phi) is 2.64. The minimum Gasteiger partial charge on any atom is -0.299 e. The second-order valence-corrected chi connectivity index (χ2v) is 6.97. The van der Waals surface area contributed by atoms with Crippen molar-refractivity contribution in [1.82, 2.24) is 0 Å². The van der Waals surface area contributed by atoms with Crippen molar-refractivity contribution in [2.45, 2.75) is 52.9 Å². The molecule has 3 atom stereocenters. The van der Waals surface area contributed by atoms with E-state index in [2.05, 4.69) is 19.9 Å². The molecule has 0 spiro atoms. The number of rotatable bonds is 0. The number of hydrogen-bond donors (Lipinski definition) is 0. The Bertz CT molecular complexity index is 525. The lowest BCUT2D eigenvalue weighted by Gasteiger charge is -2.52. The van der Waals surface area contributed by atoms with Gasteiger partial charge in [0, 0.05) is 24.2 Å². The number of Topliss-reactive ketones (excluding diaryl/α,β-unsaturated/α-hetero) is 1. The van der Waals surface area contributed by atoms with Crippen LogP contribution in [0.3, 0.4) is 0 Å². The molecule has 0 N–H and O–H groups in total. The molecular formula is C17H22O2. The van der Waals surface area contributed by atoms with Gasteiger partial charge < -0.3 is 0 Å². The zero-order valence-electron chi connectivity index (χ0n) is 12.1. The molecule has 3 unspecified atom stereocenters. The highest BCUT2D eigenvalue weighted by atomic mass is 16.1. The number of ketones is 2. The zero-order valence-corrected chi connectivity index (χ0v) is 12.1. The molecule has 0 heterocycles. The van der Waals surface area contributed by atoms with Crippen molar-refractivity contribution in [2.24, 2.45) is 16.7 Å². The second kappa shape index (κ2) is 3.91. The normalized spacial score (nSPS) is 42.2. The maximum absolute atomic E-state index is 12.0. The number of fused-ring (bicyclic) bond motifs is 3. The van der Waals surface area contributed by atoms with E-state index in [0.717, 1.165) is 19.3 Å². The largest absolute Gasteiger partial charge is 0.299 e. The summed E-state index contributed by atoms with van der Waals surface area (Å²) in [5, 5.41) is 0. The van der Waals surface area contributed by atoms with Gasteiger partial charge in [0.25, 0.3) is 0 Å². The number of allylic oxidation sites excluding steroid dienone is 4. The van der Waals surface area contributed by atoms with Crippen LogP contribution >= 0.6 is 0 Å². The Morgan fingerprint density at radius 2 is 1.89 bits per heavy atom. The maximum atomic E-state index is 12.0. The third-order valence-electron chi connectivity index (χ3n) is 5.70. The van der Waals surface area contributed by atoms with Gasteiger partial charge in [-0.15, -0.1) is 0 Å². The van der Waals surface area contributed by atoms with Crippen LogP contribution in [0.1, 0.15) is 52.9 Å². The molecule has 0 aromatic rings. The van der Waals surface area contributed by atoms with Gasteiger partial charge in [0.15, 0.2) is 5.78 Å². The lowest BCUT2D eigenvalue weighted by Crippen LogP contribution is -2.44. The lowest BCUT2D eigenvalue weighted by molar-refractivity contribution is -0.123. The topological polar surface area (TPSA) is 34.1 Å². The average molecular weight is 258 g/mol. The third-order valence-corrected chi connectivity index (χ3v) is 5.70. The fraction of sp³-hybridized carbons (Fsp3) is 0.647. The molecule has 2 heteroatoms. The molecular weight excluding hydrogens is 236 g/mol. The highest BCUT2D eigenvalue weighted by molar-refractivity contribution is 5.93. The van der Waals surface area contributed by atoms with Gasteiger partial charge in [0.05, 0.1) is 0 Å². The zero-order chi connectivity index (χ0) is 13.8. The molecule has 3 rings (SSSR count). The summed E-state index contributed by atoms with van der Waals surface area (Å²) in [5.74, 6) is 0.649. The van der Waals surface area contributed by atoms with E-state index in [1.807, 2.05) is 13.0 Å². The Hall–Kier alpha value is -1.18. The summed E-state index contributed by atoms with van der Waals surface area (Å²) in [6.07, 6.45) is 8.34. The van der Waals surface area contributed by atoms with E-state index in [-0.39, 0.29) is 22.5 Å². The summed E-state index contributed by atoms with van der Waals surface area (Å²) in [5.41, 5.74) is 2.64. The predicted octanol–water partition coefficient (Wildman–Crippen LogP) is 3.62. The van der Waals surface area contributed by atoms with Crippen LogP contribution in [0, 0.1) is 16.7 Å². The van der Waals surface area contributed by atoms with Gasteiger partial charge in [-0.2, -0.15) is 0 Å². The minimum atomic E-state index is -0.0591. The van der Waals surface area contributed by atoms with Crippen LogP contribution in [0.4, 0.5) is 0 Å². The first kappa shape index (κ1) is 12.8. The predicted molar refractivity (Wildman–Crippen MR) is 74.6 cm³/mol. The number of carbonyl (C=O) groups excluding carboxylic acids is 2.